The molecule has 0 spiro atoms. The molecule has 96 valence electrons. The Labute approximate surface area is 105 Å². The molecule has 0 unspecified atom stereocenters. The van der Waals surface area contributed by atoms with Crippen molar-refractivity contribution in [3.05, 3.63) is 35.4 Å². The van der Waals surface area contributed by atoms with Crippen molar-refractivity contribution in [2.24, 2.45) is 0 Å². The lowest BCUT2D eigenvalue weighted by Crippen LogP contribution is -2.28. The quantitative estimate of drug-likeness (QED) is 0.846. The van der Waals surface area contributed by atoms with Gasteiger partial charge in [-0.3, -0.25) is 0 Å². The summed E-state index contributed by atoms with van der Waals surface area (Å²) < 4.78 is 24.1. The van der Waals surface area contributed by atoms with Crippen molar-refractivity contribution in [2.75, 3.05) is 12.8 Å². The van der Waals surface area contributed by atoms with Gasteiger partial charge in [0.05, 0.1) is 11.6 Å². The predicted octanol–water partition coefficient (Wildman–Crippen LogP) is 0.670. The molecule has 0 amide bonds. The number of carbonyl (C=O) groups is 1. The smallest absolute Gasteiger partial charge is 0.335 e. The molecule has 1 aromatic carbocycles. The van der Waals surface area contributed by atoms with E-state index < -0.39 is 21.7 Å². The van der Waals surface area contributed by atoms with Crippen LogP contribution in [0.2, 0.25) is 0 Å². The van der Waals surface area contributed by atoms with Gasteiger partial charge in [0.1, 0.15) is 0 Å². The summed E-state index contributed by atoms with van der Waals surface area (Å²) >= 11 is 0. The fourth-order valence-electron chi connectivity index (χ4n) is 1.30. The van der Waals surface area contributed by atoms with Crippen LogP contribution in [0.5, 0.6) is 0 Å². The number of rotatable bonds is 5. The molecule has 0 bridgehead atoms. The van der Waals surface area contributed by atoms with Gasteiger partial charge in [0.25, 0.3) is 0 Å². The van der Waals surface area contributed by atoms with Crippen LogP contribution in [0, 0.1) is 11.3 Å². The van der Waals surface area contributed by atoms with Gasteiger partial charge in [0, 0.05) is 13.6 Å². The first kappa shape index (κ1) is 14.2. The predicted molar refractivity (Wildman–Crippen MR) is 64.3 cm³/mol. The summed E-state index contributed by atoms with van der Waals surface area (Å²) in [7, 11) is -2.21. The van der Waals surface area contributed by atoms with Crippen molar-refractivity contribution in [2.45, 2.75) is 6.54 Å². The summed E-state index contributed by atoms with van der Waals surface area (Å²) in [5.41, 5.74) is 0.797. The lowest BCUT2D eigenvalue weighted by molar-refractivity contribution is 0.0697. The molecular weight excluding hydrogens is 256 g/mol. The highest BCUT2D eigenvalue weighted by Crippen LogP contribution is 2.09. The van der Waals surface area contributed by atoms with Crippen LogP contribution in [0.4, 0.5) is 0 Å². The summed E-state index contributed by atoms with van der Waals surface area (Å²) in [6, 6.07) is 7.49. The summed E-state index contributed by atoms with van der Waals surface area (Å²) in [6.07, 6.45) is 0. The van der Waals surface area contributed by atoms with E-state index >= 15 is 0 Å². The van der Waals surface area contributed by atoms with E-state index in [1.807, 2.05) is 0 Å². The monoisotopic (exact) mass is 268 g/mol. The number of carboxylic acids is 1. The average Bonchev–Trinajstić information content (AvgIpc) is 2.29. The lowest BCUT2D eigenvalue weighted by Gasteiger charge is -2.15. The number of hydrogen-bond donors (Lipinski definition) is 1. The SMILES string of the molecule is CN(Cc1ccc(C(=O)O)cc1)S(=O)(=O)CC#N. The Morgan fingerprint density at radius 2 is 1.94 bits per heavy atom. The van der Waals surface area contributed by atoms with Crippen LogP contribution in [0.1, 0.15) is 15.9 Å². The number of sulfonamides is 1. The van der Waals surface area contributed by atoms with E-state index in [1.165, 1.54) is 19.2 Å². The van der Waals surface area contributed by atoms with Gasteiger partial charge in [-0.1, -0.05) is 12.1 Å². The van der Waals surface area contributed by atoms with E-state index in [-0.39, 0.29) is 12.1 Å². The van der Waals surface area contributed by atoms with Crippen LogP contribution in [0.25, 0.3) is 0 Å². The summed E-state index contributed by atoms with van der Waals surface area (Å²) in [4.78, 5) is 10.6. The number of carboxylic acid groups (broad SMARTS) is 1. The summed E-state index contributed by atoms with van der Waals surface area (Å²) in [5, 5.41) is 17.1. The highest BCUT2D eigenvalue weighted by atomic mass is 32.2. The molecule has 0 saturated carbocycles. The highest BCUT2D eigenvalue weighted by Gasteiger charge is 2.17. The molecule has 0 aliphatic heterocycles. The molecule has 0 atom stereocenters. The standard InChI is InChI=1S/C11H12N2O4S/c1-13(18(16,17)7-6-12)8-9-2-4-10(5-3-9)11(14)15/h2-5H,7-8H2,1H3,(H,14,15). The van der Waals surface area contributed by atoms with Crippen LogP contribution in [-0.4, -0.2) is 36.6 Å². The van der Waals surface area contributed by atoms with Gasteiger partial charge in [0.2, 0.25) is 10.0 Å². The maximum atomic E-state index is 11.5. The van der Waals surface area contributed by atoms with Crippen LogP contribution < -0.4 is 0 Å². The molecule has 1 N–H and O–H groups in total. The first-order valence-electron chi connectivity index (χ1n) is 5.00. The van der Waals surface area contributed by atoms with Gasteiger partial charge >= 0.3 is 5.97 Å². The second-order valence-electron chi connectivity index (χ2n) is 3.67. The molecule has 1 rings (SSSR count). The third kappa shape index (κ3) is 3.55. The zero-order valence-corrected chi connectivity index (χ0v) is 10.5. The van der Waals surface area contributed by atoms with Gasteiger partial charge in [-0.25, -0.2) is 13.2 Å². The molecule has 0 radical (unpaired) electrons. The minimum atomic E-state index is -3.58. The fourth-order valence-corrected chi connectivity index (χ4v) is 2.03. The first-order chi connectivity index (χ1) is 8.36. The Balaban J connectivity index is 2.80. The van der Waals surface area contributed by atoms with E-state index in [1.54, 1.807) is 18.2 Å². The number of benzene rings is 1. The third-order valence-electron chi connectivity index (χ3n) is 2.33. The van der Waals surface area contributed by atoms with Gasteiger partial charge in [0.15, 0.2) is 5.75 Å². The van der Waals surface area contributed by atoms with Gasteiger partial charge in [-0.2, -0.15) is 9.57 Å². The topological polar surface area (TPSA) is 98.5 Å². The maximum Gasteiger partial charge on any atom is 0.335 e. The van der Waals surface area contributed by atoms with Crippen molar-refractivity contribution >= 4 is 16.0 Å². The van der Waals surface area contributed by atoms with Crippen LogP contribution >= 0.6 is 0 Å². The van der Waals surface area contributed by atoms with E-state index in [0.29, 0.717) is 5.56 Å². The van der Waals surface area contributed by atoms with E-state index in [9.17, 15) is 13.2 Å². The second kappa shape index (κ2) is 5.62. The lowest BCUT2D eigenvalue weighted by atomic mass is 10.1. The third-order valence-corrected chi connectivity index (χ3v) is 3.90. The molecule has 0 aromatic heterocycles. The average molecular weight is 268 g/mol. The molecule has 0 aliphatic rings. The molecule has 0 aliphatic carbocycles. The minimum absolute atomic E-state index is 0.101. The van der Waals surface area contributed by atoms with Crippen molar-refractivity contribution in [3.8, 4) is 6.07 Å². The van der Waals surface area contributed by atoms with Crippen molar-refractivity contribution in [1.82, 2.24) is 4.31 Å². The Morgan fingerprint density at radius 3 is 2.39 bits per heavy atom. The molecule has 0 heterocycles. The Bertz CT molecular complexity index is 572. The number of nitriles is 1. The Kier molecular flexibility index (Phi) is 4.42. The number of hydrogen-bond acceptors (Lipinski definition) is 4. The van der Waals surface area contributed by atoms with Crippen LogP contribution in [0.15, 0.2) is 24.3 Å². The first-order valence-corrected chi connectivity index (χ1v) is 6.61. The van der Waals surface area contributed by atoms with E-state index in [0.717, 1.165) is 4.31 Å². The van der Waals surface area contributed by atoms with Crippen molar-refractivity contribution < 1.29 is 18.3 Å². The van der Waals surface area contributed by atoms with Gasteiger partial charge < -0.3 is 5.11 Å². The molecular formula is C11H12N2O4S. The van der Waals surface area contributed by atoms with Gasteiger partial charge in [-0.15, -0.1) is 0 Å². The van der Waals surface area contributed by atoms with E-state index in [2.05, 4.69) is 0 Å². The van der Waals surface area contributed by atoms with Gasteiger partial charge in [-0.05, 0) is 17.7 Å². The van der Waals surface area contributed by atoms with Crippen LogP contribution in [-0.2, 0) is 16.6 Å². The molecule has 1 aromatic rings. The molecule has 0 fully saturated rings. The van der Waals surface area contributed by atoms with E-state index in [4.69, 9.17) is 10.4 Å². The Morgan fingerprint density at radius 1 is 1.39 bits per heavy atom. The normalized spacial score (nSPS) is 11.2. The highest BCUT2D eigenvalue weighted by molar-refractivity contribution is 7.89. The number of aromatic carboxylic acids is 1. The number of nitrogens with zero attached hydrogens (tertiary/aromatic N) is 2. The van der Waals surface area contributed by atoms with Crippen molar-refractivity contribution in [1.29, 1.82) is 5.26 Å². The second-order valence-corrected chi connectivity index (χ2v) is 5.75. The minimum Gasteiger partial charge on any atom is -0.478 e. The summed E-state index contributed by atoms with van der Waals surface area (Å²) in [5.74, 6) is -1.61. The zero-order chi connectivity index (χ0) is 13.8. The van der Waals surface area contributed by atoms with Crippen LogP contribution in [0.3, 0.4) is 0 Å². The summed E-state index contributed by atoms with van der Waals surface area (Å²) in [6.45, 7) is 0.101. The molecule has 6 nitrogen and oxygen atoms in total. The zero-order valence-electron chi connectivity index (χ0n) is 9.70. The molecule has 0 saturated heterocycles. The molecule has 18 heavy (non-hydrogen) atoms. The Hall–Kier alpha value is -1.91. The van der Waals surface area contributed by atoms with Crippen molar-refractivity contribution in [3.63, 3.8) is 0 Å². The fraction of sp³-hybridized carbons (Fsp3) is 0.273. The largest absolute Gasteiger partial charge is 0.478 e. The molecule has 7 heteroatoms. The maximum absolute atomic E-state index is 11.5.